The van der Waals surface area contributed by atoms with Crippen LogP contribution < -0.4 is 4.72 Å². The van der Waals surface area contributed by atoms with Crippen LogP contribution >= 0.6 is 0 Å². The molecule has 7 heteroatoms. The molecule has 0 saturated heterocycles. The van der Waals surface area contributed by atoms with E-state index in [1.807, 2.05) is 0 Å². The first-order chi connectivity index (χ1) is 10.5. The molecule has 0 spiro atoms. The fraction of sp³-hybridized carbons (Fsp3) is 0.533. The molecule has 0 amide bonds. The highest BCUT2D eigenvalue weighted by Gasteiger charge is 2.27. The van der Waals surface area contributed by atoms with Crippen LogP contribution in [0.15, 0.2) is 32.2 Å². The van der Waals surface area contributed by atoms with Crippen molar-refractivity contribution >= 4 is 10.0 Å². The number of hydrogen-bond donors (Lipinski definition) is 1. The molecule has 1 aliphatic carbocycles. The number of hydrogen-bond acceptors (Lipinski definition) is 5. The monoisotopic (exact) mass is 324 g/mol. The van der Waals surface area contributed by atoms with E-state index in [1.54, 1.807) is 13.0 Å². The Labute approximate surface area is 129 Å². The van der Waals surface area contributed by atoms with Crippen LogP contribution in [0.2, 0.25) is 0 Å². The molecule has 2 heterocycles. The van der Waals surface area contributed by atoms with E-state index in [1.165, 1.54) is 12.3 Å². The van der Waals surface area contributed by atoms with Crippen molar-refractivity contribution in [2.24, 2.45) is 5.92 Å². The van der Waals surface area contributed by atoms with Crippen molar-refractivity contribution in [3.05, 3.63) is 24.1 Å². The highest BCUT2D eigenvalue weighted by atomic mass is 32.2. The van der Waals surface area contributed by atoms with Gasteiger partial charge in [-0.25, -0.2) is 13.1 Å². The first-order valence-corrected chi connectivity index (χ1v) is 8.98. The normalized spacial score (nSPS) is 22.8. The van der Waals surface area contributed by atoms with E-state index in [4.69, 9.17) is 8.94 Å². The van der Waals surface area contributed by atoms with Crippen molar-refractivity contribution in [2.75, 3.05) is 0 Å². The van der Waals surface area contributed by atoms with Crippen LogP contribution in [0.4, 0.5) is 0 Å². The average Bonchev–Trinajstić information content (AvgIpc) is 3.10. The van der Waals surface area contributed by atoms with Crippen LogP contribution in [0.25, 0.3) is 11.5 Å². The third kappa shape index (κ3) is 3.10. The summed E-state index contributed by atoms with van der Waals surface area (Å²) in [4.78, 5) is 0.164. The van der Waals surface area contributed by atoms with Crippen molar-refractivity contribution < 1.29 is 17.4 Å². The smallest absolute Gasteiger partial charge is 0.244 e. The summed E-state index contributed by atoms with van der Waals surface area (Å²) in [6.07, 6.45) is 5.36. The minimum Gasteiger partial charge on any atom is -0.457 e. The molecule has 0 bridgehead atoms. The van der Waals surface area contributed by atoms with E-state index in [9.17, 15) is 8.42 Å². The van der Waals surface area contributed by atoms with Crippen molar-refractivity contribution in [1.29, 1.82) is 0 Å². The SMILES string of the molecule is Cc1oc(-c2ccno2)cc1S(=O)(=O)NC1CCC(C)CC1. The number of nitrogens with one attached hydrogen (secondary N) is 1. The Balaban J connectivity index is 1.80. The lowest BCUT2D eigenvalue weighted by atomic mass is 9.88. The maximum absolute atomic E-state index is 12.6. The highest BCUT2D eigenvalue weighted by molar-refractivity contribution is 7.89. The van der Waals surface area contributed by atoms with Gasteiger partial charge in [0.05, 0.1) is 6.20 Å². The molecule has 0 aromatic carbocycles. The maximum Gasteiger partial charge on any atom is 0.244 e. The van der Waals surface area contributed by atoms with Gasteiger partial charge in [-0.1, -0.05) is 12.1 Å². The molecule has 2 aromatic rings. The first kappa shape index (κ1) is 15.3. The lowest BCUT2D eigenvalue weighted by Gasteiger charge is -2.26. The molecular formula is C15H20N2O4S. The lowest BCUT2D eigenvalue weighted by molar-refractivity contribution is 0.332. The van der Waals surface area contributed by atoms with Gasteiger partial charge in [0, 0.05) is 18.2 Å². The molecule has 0 atom stereocenters. The summed E-state index contributed by atoms with van der Waals surface area (Å²) in [5.74, 6) is 1.81. The van der Waals surface area contributed by atoms with Gasteiger partial charge in [-0.2, -0.15) is 0 Å². The number of aryl methyl sites for hydroxylation is 1. The first-order valence-electron chi connectivity index (χ1n) is 7.49. The van der Waals surface area contributed by atoms with Gasteiger partial charge in [0.25, 0.3) is 0 Å². The van der Waals surface area contributed by atoms with E-state index in [2.05, 4.69) is 16.8 Å². The number of rotatable bonds is 4. The largest absolute Gasteiger partial charge is 0.457 e. The van der Waals surface area contributed by atoms with Gasteiger partial charge in [0.15, 0.2) is 5.76 Å². The van der Waals surface area contributed by atoms with Crippen LogP contribution in [0.5, 0.6) is 0 Å². The Bertz CT molecular complexity index is 726. The summed E-state index contributed by atoms with van der Waals surface area (Å²) >= 11 is 0. The fourth-order valence-electron chi connectivity index (χ4n) is 2.86. The van der Waals surface area contributed by atoms with Crippen LogP contribution in [0.3, 0.4) is 0 Å². The summed E-state index contributed by atoms with van der Waals surface area (Å²) in [6, 6.07) is 3.12. The second-order valence-corrected chi connectivity index (χ2v) is 7.67. The Kier molecular flexibility index (Phi) is 4.10. The zero-order valence-electron chi connectivity index (χ0n) is 12.7. The van der Waals surface area contributed by atoms with Crippen molar-refractivity contribution in [3.8, 4) is 11.5 Å². The van der Waals surface area contributed by atoms with Gasteiger partial charge in [-0.05, 0) is 38.5 Å². The van der Waals surface area contributed by atoms with Crippen molar-refractivity contribution in [2.45, 2.75) is 50.5 Å². The Hall–Kier alpha value is -1.60. The highest BCUT2D eigenvalue weighted by Crippen LogP contribution is 2.29. The number of sulfonamides is 1. The van der Waals surface area contributed by atoms with Crippen LogP contribution in [0.1, 0.15) is 38.4 Å². The molecule has 6 nitrogen and oxygen atoms in total. The van der Waals surface area contributed by atoms with Crippen molar-refractivity contribution in [3.63, 3.8) is 0 Å². The van der Waals surface area contributed by atoms with Crippen LogP contribution in [-0.2, 0) is 10.0 Å². The second kappa shape index (κ2) is 5.89. The summed E-state index contributed by atoms with van der Waals surface area (Å²) in [5.41, 5.74) is 0. The predicted octanol–water partition coefficient (Wildman–Crippen LogP) is 3.10. The maximum atomic E-state index is 12.6. The molecule has 22 heavy (non-hydrogen) atoms. The molecule has 1 saturated carbocycles. The van der Waals surface area contributed by atoms with Crippen LogP contribution in [-0.4, -0.2) is 19.6 Å². The van der Waals surface area contributed by atoms with Gasteiger partial charge in [-0.15, -0.1) is 0 Å². The van der Waals surface area contributed by atoms with E-state index in [0.29, 0.717) is 23.2 Å². The number of furan rings is 1. The minimum atomic E-state index is -3.58. The Morgan fingerprint density at radius 2 is 1.95 bits per heavy atom. The van der Waals surface area contributed by atoms with E-state index in [0.717, 1.165) is 25.7 Å². The summed E-state index contributed by atoms with van der Waals surface area (Å²) in [7, 11) is -3.58. The standard InChI is InChI=1S/C15H20N2O4S/c1-10-3-5-12(6-4-10)17-22(18,19)15-9-14(20-11(15)2)13-7-8-16-21-13/h7-10,12,17H,3-6H2,1-2H3. The lowest BCUT2D eigenvalue weighted by Crippen LogP contribution is -2.37. The van der Waals surface area contributed by atoms with Gasteiger partial charge in [0.1, 0.15) is 10.7 Å². The summed E-state index contributed by atoms with van der Waals surface area (Å²) in [5, 5.41) is 3.60. The molecule has 0 radical (unpaired) electrons. The molecule has 2 aromatic heterocycles. The molecule has 0 unspecified atom stereocenters. The molecular weight excluding hydrogens is 304 g/mol. The second-order valence-electron chi connectivity index (χ2n) is 5.99. The molecule has 0 aliphatic heterocycles. The van der Waals surface area contributed by atoms with Gasteiger partial charge < -0.3 is 8.94 Å². The van der Waals surface area contributed by atoms with Gasteiger partial charge in [0.2, 0.25) is 15.8 Å². The third-order valence-corrected chi connectivity index (χ3v) is 5.81. The summed E-state index contributed by atoms with van der Waals surface area (Å²) in [6.45, 7) is 3.84. The Morgan fingerprint density at radius 3 is 2.59 bits per heavy atom. The zero-order chi connectivity index (χ0) is 15.7. The van der Waals surface area contributed by atoms with Crippen LogP contribution in [0, 0.1) is 12.8 Å². The van der Waals surface area contributed by atoms with E-state index in [-0.39, 0.29) is 10.9 Å². The quantitative estimate of drug-likeness (QED) is 0.934. The van der Waals surface area contributed by atoms with E-state index < -0.39 is 10.0 Å². The molecule has 3 rings (SSSR count). The van der Waals surface area contributed by atoms with Crippen molar-refractivity contribution in [1.82, 2.24) is 9.88 Å². The van der Waals surface area contributed by atoms with Gasteiger partial charge in [-0.3, -0.25) is 0 Å². The Morgan fingerprint density at radius 1 is 1.23 bits per heavy atom. The zero-order valence-corrected chi connectivity index (χ0v) is 13.5. The molecule has 1 N–H and O–H groups in total. The predicted molar refractivity (Wildman–Crippen MR) is 80.7 cm³/mol. The third-order valence-electron chi connectivity index (χ3n) is 4.18. The number of nitrogens with zero attached hydrogens (tertiary/aromatic N) is 1. The number of aromatic nitrogens is 1. The molecule has 1 fully saturated rings. The van der Waals surface area contributed by atoms with Gasteiger partial charge >= 0.3 is 0 Å². The van der Waals surface area contributed by atoms with E-state index >= 15 is 0 Å². The minimum absolute atomic E-state index is 0.00392. The molecule has 120 valence electrons. The molecule has 1 aliphatic rings. The fourth-order valence-corrected chi connectivity index (χ4v) is 4.34. The topological polar surface area (TPSA) is 85.3 Å². The average molecular weight is 324 g/mol. The summed E-state index contributed by atoms with van der Waals surface area (Å²) < 4.78 is 38.4.